The molecule has 1 amide bonds. The Labute approximate surface area is 159 Å². The average molecular weight is 381 g/mol. The summed E-state index contributed by atoms with van der Waals surface area (Å²) < 4.78 is 10.2. The molecular weight excluding hydrogens is 366 g/mol. The number of nitrogens with zero attached hydrogens (tertiary/aromatic N) is 4. The number of nitrogens with one attached hydrogen (secondary N) is 1. The number of aromatic nitrogens is 4. The van der Waals surface area contributed by atoms with Gasteiger partial charge in [0, 0.05) is 17.7 Å². The minimum atomic E-state index is -1.23. The first-order valence-electron chi connectivity index (χ1n) is 7.95. The molecule has 0 saturated carbocycles. The van der Waals surface area contributed by atoms with E-state index in [1.54, 1.807) is 12.1 Å². The van der Waals surface area contributed by atoms with Gasteiger partial charge < -0.3 is 19.9 Å². The molecule has 0 saturated heterocycles. The third kappa shape index (κ3) is 3.85. The SMILES string of the molecule is COc1cc(NC(=O)c2ccc(-c3ccnnc3)nn2)c(C(=O)O)cc1OC. The van der Waals surface area contributed by atoms with E-state index in [0.29, 0.717) is 11.3 Å². The van der Waals surface area contributed by atoms with E-state index < -0.39 is 11.9 Å². The Hall–Kier alpha value is -4.08. The Morgan fingerprint density at radius 2 is 1.75 bits per heavy atom. The highest BCUT2D eigenvalue weighted by Crippen LogP contribution is 2.33. The van der Waals surface area contributed by atoms with Gasteiger partial charge in [-0.25, -0.2) is 4.79 Å². The van der Waals surface area contributed by atoms with Crippen molar-refractivity contribution in [2.24, 2.45) is 0 Å². The summed E-state index contributed by atoms with van der Waals surface area (Å²) in [5.41, 5.74) is 1.11. The number of methoxy groups -OCH3 is 2. The van der Waals surface area contributed by atoms with Gasteiger partial charge in [-0.3, -0.25) is 4.79 Å². The molecule has 0 spiro atoms. The number of benzene rings is 1. The second-order valence-corrected chi connectivity index (χ2v) is 5.45. The lowest BCUT2D eigenvalue weighted by atomic mass is 10.1. The molecule has 142 valence electrons. The number of hydrogen-bond donors (Lipinski definition) is 2. The molecule has 0 atom stereocenters. The fourth-order valence-corrected chi connectivity index (χ4v) is 2.40. The molecule has 10 nitrogen and oxygen atoms in total. The predicted octanol–water partition coefficient (Wildman–Crippen LogP) is 1.90. The van der Waals surface area contributed by atoms with Crippen LogP contribution in [0.3, 0.4) is 0 Å². The number of carboxylic acid groups (broad SMARTS) is 1. The molecule has 28 heavy (non-hydrogen) atoms. The zero-order valence-electron chi connectivity index (χ0n) is 14.9. The zero-order valence-corrected chi connectivity index (χ0v) is 14.9. The Morgan fingerprint density at radius 3 is 2.32 bits per heavy atom. The first-order valence-corrected chi connectivity index (χ1v) is 7.95. The second-order valence-electron chi connectivity index (χ2n) is 5.45. The standard InChI is InChI=1S/C18H15N5O5/c1-27-15-7-11(18(25)26)14(8-16(15)28-2)21-17(24)13-4-3-12(22-23-13)10-5-6-19-20-9-10/h3-9H,1-2H3,(H,21,24)(H,25,26). The van der Waals surface area contributed by atoms with E-state index in [9.17, 15) is 14.7 Å². The third-order valence-corrected chi connectivity index (χ3v) is 3.78. The number of ether oxygens (including phenoxy) is 2. The summed E-state index contributed by atoms with van der Waals surface area (Å²) in [7, 11) is 2.79. The summed E-state index contributed by atoms with van der Waals surface area (Å²) in [6.45, 7) is 0. The van der Waals surface area contributed by atoms with E-state index >= 15 is 0 Å². The Balaban J connectivity index is 1.87. The van der Waals surface area contributed by atoms with Crippen LogP contribution in [0.5, 0.6) is 11.5 Å². The molecule has 0 aliphatic carbocycles. The van der Waals surface area contributed by atoms with Gasteiger partial charge in [0.05, 0.1) is 43.6 Å². The van der Waals surface area contributed by atoms with Crippen molar-refractivity contribution < 1.29 is 24.2 Å². The van der Waals surface area contributed by atoms with Gasteiger partial charge in [0.2, 0.25) is 0 Å². The predicted molar refractivity (Wildman–Crippen MR) is 97.5 cm³/mol. The van der Waals surface area contributed by atoms with Crippen molar-refractivity contribution in [2.75, 3.05) is 19.5 Å². The molecule has 10 heteroatoms. The number of aromatic carboxylic acids is 1. The van der Waals surface area contributed by atoms with Crippen LogP contribution in [0, 0.1) is 0 Å². The Kier molecular flexibility index (Phi) is 5.40. The van der Waals surface area contributed by atoms with Crippen LogP contribution < -0.4 is 14.8 Å². The number of carbonyl (C=O) groups excluding carboxylic acids is 1. The average Bonchev–Trinajstić information content (AvgIpc) is 2.73. The molecule has 0 radical (unpaired) electrons. The lowest BCUT2D eigenvalue weighted by Crippen LogP contribution is -2.17. The lowest BCUT2D eigenvalue weighted by Gasteiger charge is -2.13. The molecule has 1 aromatic carbocycles. The normalized spacial score (nSPS) is 10.2. The number of rotatable bonds is 6. The van der Waals surface area contributed by atoms with Crippen molar-refractivity contribution >= 4 is 17.6 Å². The maximum atomic E-state index is 12.5. The summed E-state index contributed by atoms with van der Waals surface area (Å²) in [6, 6.07) is 7.41. The van der Waals surface area contributed by atoms with E-state index in [1.807, 2.05) is 0 Å². The van der Waals surface area contributed by atoms with Gasteiger partial charge in [-0.2, -0.15) is 10.2 Å². The molecular formula is C18H15N5O5. The van der Waals surface area contributed by atoms with E-state index in [4.69, 9.17) is 9.47 Å². The lowest BCUT2D eigenvalue weighted by molar-refractivity contribution is 0.0697. The van der Waals surface area contributed by atoms with Gasteiger partial charge in [-0.1, -0.05) is 0 Å². The fourth-order valence-electron chi connectivity index (χ4n) is 2.40. The minimum Gasteiger partial charge on any atom is -0.493 e. The topological polar surface area (TPSA) is 136 Å². The number of carbonyl (C=O) groups is 2. The summed E-state index contributed by atoms with van der Waals surface area (Å²) in [5, 5.41) is 27.2. The molecule has 3 rings (SSSR count). The quantitative estimate of drug-likeness (QED) is 0.656. The summed E-state index contributed by atoms with van der Waals surface area (Å²) in [5.74, 6) is -1.35. The second kappa shape index (κ2) is 8.08. The maximum absolute atomic E-state index is 12.5. The summed E-state index contributed by atoms with van der Waals surface area (Å²) >= 11 is 0. The number of carboxylic acids is 1. The maximum Gasteiger partial charge on any atom is 0.337 e. The summed E-state index contributed by atoms with van der Waals surface area (Å²) in [6.07, 6.45) is 3.04. The minimum absolute atomic E-state index is 0.0110. The number of anilines is 1. The molecule has 2 aromatic heterocycles. The van der Waals surface area contributed by atoms with Crippen molar-refractivity contribution in [1.82, 2.24) is 20.4 Å². The largest absolute Gasteiger partial charge is 0.493 e. The van der Waals surface area contributed by atoms with Crippen molar-refractivity contribution in [2.45, 2.75) is 0 Å². The highest BCUT2D eigenvalue weighted by Gasteiger charge is 2.19. The molecule has 0 aliphatic heterocycles. The van der Waals surface area contributed by atoms with Crippen molar-refractivity contribution in [3.63, 3.8) is 0 Å². The molecule has 0 aliphatic rings. The van der Waals surface area contributed by atoms with Crippen LogP contribution in [0.4, 0.5) is 5.69 Å². The summed E-state index contributed by atoms with van der Waals surface area (Å²) in [4.78, 5) is 24.0. The monoisotopic (exact) mass is 381 g/mol. The van der Waals surface area contributed by atoms with Crippen LogP contribution in [0.15, 0.2) is 42.7 Å². The first kappa shape index (κ1) is 18.7. The number of hydrogen-bond acceptors (Lipinski definition) is 8. The molecule has 0 bridgehead atoms. The van der Waals surface area contributed by atoms with E-state index in [1.165, 1.54) is 44.8 Å². The highest BCUT2D eigenvalue weighted by atomic mass is 16.5. The molecule has 2 N–H and O–H groups in total. The van der Waals surface area contributed by atoms with Crippen LogP contribution in [-0.2, 0) is 0 Å². The smallest absolute Gasteiger partial charge is 0.337 e. The van der Waals surface area contributed by atoms with Crippen LogP contribution in [0.1, 0.15) is 20.8 Å². The van der Waals surface area contributed by atoms with Gasteiger partial charge in [0.25, 0.3) is 5.91 Å². The van der Waals surface area contributed by atoms with Gasteiger partial charge in [0.15, 0.2) is 17.2 Å². The van der Waals surface area contributed by atoms with Gasteiger partial charge in [-0.05, 0) is 18.2 Å². The molecule has 0 unspecified atom stereocenters. The Bertz CT molecular complexity index is 1010. The van der Waals surface area contributed by atoms with Crippen molar-refractivity contribution in [3.05, 3.63) is 54.0 Å². The third-order valence-electron chi connectivity index (χ3n) is 3.78. The molecule has 0 fully saturated rings. The van der Waals surface area contributed by atoms with Gasteiger partial charge >= 0.3 is 5.97 Å². The molecule has 3 aromatic rings. The first-order chi connectivity index (χ1) is 13.5. The van der Waals surface area contributed by atoms with E-state index in [2.05, 4.69) is 25.7 Å². The van der Waals surface area contributed by atoms with Crippen LogP contribution in [0.25, 0.3) is 11.3 Å². The van der Waals surface area contributed by atoms with Crippen LogP contribution >= 0.6 is 0 Å². The van der Waals surface area contributed by atoms with Crippen molar-refractivity contribution in [3.8, 4) is 22.8 Å². The van der Waals surface area contributed by atoms with E-state index in [0.717, 1.165) is 0 Å². The molecule has 2 heterocycles. The highest BCUT2D eigenvalue weighted by molar-refractivity contribution is 6.07. The number of amides is 1. The van der Waals surface area contributed by atoms with Crippen LogP contribution in [-0.4, -0.2) is 51.6 Å². The van der Waals surface area contributed by atoms with Gasteiger partial charge in [-0.15, -0.1) is 10.2 Å². The van der Waals surface area contributed by atoms with Crippen molar-refractivity contribution in [1.29, 1.82) is 0 Å². The van der Waals surface area contributed by atoms with Crippen LogP contribution in [0.2, 0.25) is 0 Å². The Morgan fingerprint density at radius 1 is 1.00 bits per heavy atom. The zero-order chi connectivity index (χ0) is 20.1. The fraction of sp³-hybridized carbons (Fsp3) is 0.111. The van der Waals surface area contributed by atoms with Gasteiger partial charge in [0.1, 0.15) is 0 Å². The van der Waals surface area contributed by atoms with E-state index in [-0.39, 0.29) is 28.4 Å².